The number of esters is 1. The smallest absolute Gasteiger partial charge is 0.456 e. The molecule has 3 unspecified atom stereocenters. The van der Waals surface area contributed by atoms with Gasteiger partial charge in [-0.1, -0.05) is 316 Å². The molecule has 452 valence electrons. The monoisotopic (exact) mass is 1100 g/mol. The van der Waals surface area contributed by atoms with Crippen molar-refractivity contribution in [2.75, 3.05) is 40.9 Å². The van der Waals surface area contributed by atoms with Crippen LogP contribution in [0.25, 0.3) is 0 Å². The van der Waals surface area contributed by atoms with E-state index in [9.17, 15) is 19.0 Å². The number of phosphoric ester groups is 1. The van der Waals surface area contributed by atoms with Gasteiger partial charge in [-0.3, -0.25) is 18.6 Å². The van der Waals surface area contributed by atoms with Gasteiger partial charge in [0.15, 0.2) is 0 Å². The number of carbonyl (C=O) groups excluding carboxylic acids is 2. The van der Waals surface area contributed by atoms with Crippen molar-refractivity contribution < 1.29 is 37.3 Å². The van der Waals surface area contributed by atoms with Gasteiger partial charge in [-0.05, 0) is 31.8 Å². The number of carbonyl (C=O) groups is 2. The van der Waals surface area contributed by atoms with Crippen molar-refractivity contribution >= 4 is 19.7 Å². The lowest BCUT2D eigenvalue weighted by Gasteiger charge is -2.27. The van der Waals surface area contributed by atoms with Crippen LogP contribution in [-0.2, 0) is 27.9 Å². The molecule has 2 N–H and O–H groups in total. The first-order valence-corrected chi connectivity index (χ1v) is 35.0. The fourth-order valence-corrected chi connectivity index (χ4v) is 11.0. The number of nitrogens with one attached hydrogen (secondary N) is 1. The lowest BCUT2D eigenvalue weighted by molar-refractivity contribution is -0.870. The van der Waals surface area contributed by atoms with Crippen molar-refractivity contribution in [2.24, 2.45) is 0 Å². The van der Waals surface area contributed by atoms with E-state index in [0.717, 1.165) is 57.8 Å². The van der Waals surface area contributed by atoms with E-state index in [1.54, 1.807) is 0 Å². The van der Waals surface area contributed by atoms with Gasteiger partial charge in [0, 0.05) is 12.8 Å². The average Bonchev–Trinajstić information content (AvgIpc) is 3.38. The first kappa shape index (κ1) is 74.8. The quantitative estimate of drug-likeness (QED) is 0.0205. The number of rotatable bonds is 62. The molecule has 0 aliphatic carbocycles. The summed E-state index contributed by atoms with van der Waals surface area (Å²) in [5.74, 6) is -0.479. The van der Waals surface area contributed by atoms with E-state index in [4.69, 9.17) is 13.8 Å². The topological polar surface area (TPSA) is 111 Å². The number of nitrogens with zero attached hydrogens (tertiary/aromatic N) is 1. The molecule has 0 aromatic heterocycles. The van der Waals surface area contributed by atoms with Gasteiger partial charge in [0.2, 0.25) is 5.91 Å². The molecule has 0 spiro atoms. The SMILES string of the molecule is CCCCCCCCCCCC/C=C/C(OC(=O)CCCCCCCCCCCCCCCCCCCCC)C(COP(=O)(O)OCC[N+](C)(C)C)NC(=O)CCCCCCCCCCCCCCCCCCCCC. The Labute approximate surface area is 473 Å². The number of likely N-dealkylation sites (N-methyl/N-ethyl adjacent to an activating group) is 1. The van der Waals surface area contributed by atoms with E-state index in [1.807, 2.05) is 33.3 Å². The molecular weight excluding hydrogens is 964 g/mol. The molecule has 9 nitrogen and oxygen atoms in total. The minimum Gasteiger partial charge on any atom is -0.456 e. The van der Waals surface area contributed by atoms with Crippen LogP contribution in [0.1, 0.15) is 348 Å². The summed E-state index contributed by atoms with van der Waals surface area (Å²) in [6.07, 6.45) is 66.4. The maximum Gasteiger partial charge on any atom is 0.472 e. The number of allylic oxidation sites excluding steroid dienone is 1. The van der Waals surface area contributed by atoms with E-state index >= 15 is 0 Å². The van der Waals surface area contributed by atoms with Crippen LogP contribution in [0, 0.1) is 0 Å². The number of hydrogen-bond donors (Lipinski definition) is 2. The zero-order valence-electron chi connectivity index (χ0n) is 51.8. The van der Waals surface area contributed by atoms with E-state index in [-0.39, 0.29) is 25.1 Å². The van der Waals surface area contributed by atoms with Crippen molar-refractivity contribution in [1.29, 1.82) is 0 Å². The lowest BCUT2D eigenvalue weighted by Crippen LogP contribution is -2.47. The van der Waals surface area contributed by atoms with E-state index in [2.05, 4.69) is 26.1 Å². The van der Waals surface area contributed by atoms with Crippen molar-refractivity contribution in [3.05, 3.63) is 12.2 Å². The van der Waals surface area contributed by atoms with E-state index < -0.39 is 20.0 Å². The predicted molar refractivity (Wildman–Crippen MR) is 328 cm³/mol. The second-order valence-corrected chi connectivity index (χ2v) is 25.8. The molecule has 0 radical (unpaired) electrons. The largest absolute Gasteiger partial charge is 0.472 e. The number of quaternary nitrogens is 1. The molecule has 0 aromatic carbocycles. The molecule has 0 fully saturated rings. The number of unbranched alkanes of at least 4 members (excludes halogenated alkanes) is 46. The summed E-state index contributed by atoms with van der Waals surface area (Å²) in [6, 6.07) is -0.840. The fraction of sp³-hybridized carbons (Fsp3) is 0.939. The summed E-state index contributed by atoms with van der Waals surface area (Å²) >= 11 is 0. The van der Waals surface area contributed by atoms with E-state index in [1.165, 1.54) is 257 Å². The van der Waals surface area contributed by atoms with Crippen LogP contribution < -0.4 is 5.32 Å². The zero-order valence-corrected chi connectivity index (χ0v) is 52.7. The average molecular weight is 1100 g/mol. The Bertz CT molecular complexity index is 1310. The first-order chi connectivity index (χ1) is 36.9. The normalized spacial score (nSPS) is 13.6. The molecule has 0 aliphatic heterocycles. The minimum atomic E-state index is -4.44. The van der Waals surface area contributed by atoms with E-state index in [0.29, 0.717) is 23.9 Å². The van der Waals surface area contributed by atoms with Gasteiger partial charge in [0.25, 0.3) is 0 Å². The Morgan fingerprint density at radius 3 is 1.08 bits per heavy atom. The molecule has 10 heteroatoms. The van der Waals surface area contributed by atoms with Gasteiger partial charge >= 0.3 is 13.8 Å². The molecule has 0 saturated carbocycles. The molecule has 76 heavy (non-hydrogen) atoms. The van der Waals surface area contributed by atoms with Crippen LogP contribution in [0.4, 0.5) is 0 Å². The van der Waals surface area contributed by atoms with Gasteiger partial charge in [0.05, 0.1) is 33.8 Å². The summed E-state index contributed by atoms with van der Waals surface area (Å²) < 4.78 is 30.8. The number of hydrogen-bond acceptors (Lipinski definition) is 6. The highest BCUT2D eigenvalue weighted by Gasteiger charge is 2.30. The summed E-state index contributed by atoms with van der Waals surface area (Å²) in [6.45, 7) is 7.08. The molecule has 3 atom stereocenters. The molecular formula is C66H132N2O7P+. The zero-order chi connectivity index (χ0) is 55.7. The molecule has 0 saturated heterocycles. The molecule has 0 rings (SSSR count). The van der Waals surface area contributed by atoms with Gasteiger partial charge < -0.3 is 19.4 Å². The highest BCUT2D eigenvalue weighted by Crippen LogP contribution is 2.43. The third kappa shape index (κ3) is 57.4. The van der Waals surface area contributed by atoms with Crippen LogP contribution in [-0.4, -0.2) is 74.3 Å². The van der Waals surface area contributed by atoms with Crippen molar-refractivity contribution in [3.8, 4) is 0 Å². The van der Waals surface area contributed by atoms with Gasteiger partial charge in [-0.15, -0.1) is 0 Å². The van der Waals surface area contributed by atoms with Crippen LogP contribution >= 0.6 is 7.82 Å². The summed E-state index contributed by atoms with van der Waals surface area (Å²) in [4.78, 5) is 37.8. The standard InChI is InChI=1S/C66H131N2O7P/c1-7-10-13-16-19-22-25-28-30-32-34-36-38-40-43-46-49-52-55-58-65(69)67-63(62-74-76(71,72)73-61-60-68(4,5)6)64(57-54-51-48-45-42-27-24-21-18-15-12-9-3)75-66(70)59-56-53-50-47-44-41-39-37-35-33-31-29-26-23-20-17-14-11-8-2/h54,57,63-64H,7-53,55-56,58-62H2,1-6H3,(H-,67,69,71,72)/p+1/b57-54+. The first-order valence-electron chi connectivity index (χ1n) is 33.5. The Hall–Kier alpha value is -1.25. The minimum absolute atomic E-state index is 0.0460. The Morgan fingerprint density at radius 1 is 0.447 bits per heavy atom. The van der Waals surface area contributed by atoms with Gasteiger partial charge in [0.1, 0.15) is 19.3 Å². The maximum atomic E-state index is 13.6. The van der Waals surface area contributed by atoms with Crippen molar-refractivity contribution in [2.45, 2.75) is 360 Å². The molecule has 0 heterocycles. The molecule has 0 aliphatic rings. The van der Waals surface area contributed by atoms with Crippen molar-refractivity contribution in [3.63, 3.8) is 0 Å². The number of ether oxygens (including phenoxy) is 1. The van der Waals surface area contributed by atoms with Gasteiger partial charge in [-0.2, -0.15) is 0 Å². The second-order valence-electron chi connectivity index (χ2n) is 24.4. The number of phosphoric acid groups is 1. The highest BCUT2D eigenvalue weighted by atomic mass is 31.2. The van der Waals surface area contributed by atoms with Crippen LogP contribution in [0.3, 0.4) is 0 Å². The fourth-order valence-electron chi connectivity index (χ4n) is 10.3. The van der Waals surface area contributed by atoms with Crippen LogP contribution in [0.2, 0.25) is 0 Å². The molecule has 0 bridgehead atoms. The third-order valence-corrected chi connectivity index (χ3v) is 16.5. The summed E-state index contributed by atoms with van der Waals surface area (Å²) in [7, 11) is 1.52. The van der Waals surface area contributed by atoms with Crippen LogP contribution in [0.15, 0.2) is 12.2 Å². The Morgan fingerprint density at radius 2 is 0.750 bits per heavy atom. The third-order valence-electron chi connectivity index (χ3n) is 15.5. The second kappa shape index (κ2) is 57.0. The highest BCUT2D eigenvalue weighted by molar-refractivity contribution is 7.47. The number of amides is 1. The Kier molecular flexibility index (Phi) is 56.1. The summed E-state index contributed by atoms with van der Waals surface area (Å²) in [5, 5.41) is 3.07. The Balaban J connectivity index is 5.12. The lowest BCUT2D eigenvalue weighted by atomic mass is 10.0. The summed E-state index contributed by atoms with van der Waals surface area (Å²) in [5.41, 5.74) is 0. The van der Waals surface area contributed by atoms with Crippen LogP contribution in [0.5, 0.6) is 0 Å². The molecule has 0 aromatic rings. The maximum absolute atomic E-state index is 13.6. The predicted octanol–water partition coefficient (Wildman–Crippen LogP) is 20.7. The molecule has 1 amide bonds. The van der Waals surface area contributed by atoms with Crippen molar-refractivity contribution in [1.82, 2.24) is 5.32 Å². The van der Waals surface area contributed by atoms with Gasteiger partial charge in [-0.25, -0.2) is 4.57 Å².